The molecule has 1 saturated carbocycles. The fourth-order valence-corrected chi connectivity index (χ4v) is 2.71. The van der Waals surface area contributed by atoms with E-state index < -0.39 is 11.7 Å². The van der Waals surface area contributed by atoms with Gasteiger partial charge in [0.1, 0.15) is 0 Å². The van der Waals surface area contributed by atoms with E-state index in [2.05, 4.69) is 10.3 Å². The molecule has 3 N–H and O–H groups in total. The zero-order valence-electron chi connectivity index (χ0n) is 13.1. The first-order valence-corrected chi connectivity index (χ1v) is 7.59. The third-order valence-electron chi connectivity index (χ3n) is 4.22. The van der Waals surface area contributed by atoms with Crippen molar-refractivity contribution in [3.63, 3.8) is 0 Å². The molecular weight excluding hydrogens is 418 g/mol. The highest BCUT2D eigenvalue weighted by Gasteiger charge is 2.40. The Morgan fingerprint density at radius 1 is 1.35 bits per heavy atom. The molecule has 3 nitrogen and oxygen atoms in total. The molecule has 0 atom stereocenters. The van der Waals surface area contributed by atoms with E-state index in [1.54, 1.807) is 6.07 Å². The first kappa shape index (κ1) is 20.1. The van der Waals surface area contributed by atoms with Crippen LogP contribution in [0, 0.1) is 0 Å². The van der Waals surface area contributed by atoms with E-state index in [9.17, 15) is 13.2 Å². The topological polar surface area (TPSA) is 50.4 Å². The monoisotopic (exact) mass is 441 g/mol. The zero-order valence-corrected chi connectivity index (χ0v) is 15.4. The van der Waals surface area contributed by atoms with Crippen LogP contribution in [0.25, 0.3) is 0 Å². The highest BCUT2D eigenvalue weighted by molar-refractivity contribution is 14.0. The van der Waals surface area contributed by atoms with Crippen molar-refractivity contribution >= 4 is 29.9 Å². The van der Waals surface area contributed by atoms with Crippen molar-refractivity contribution in [2.24, 2.45) is 10.7 Å². The zero-order chi connectivity index (χ0) is 16.2. The molecule has 0 saturated heterocycles. The number of guanidine groups is 1. The van der Waals surface area contributed by atoms with Gasteiger partial charge in [0.15, 0.2) is 5.96 Å². The number of alkyl halides is 3. The van der Waals surface area contributed by atoms with Gasteiger partial charge in [-0.3, -0.25) is 4.99 Å². The van der Waals surface area contributed by atoms with Gasteiger partial charge in [0.25, 0.3) is 0 Å². The molecule has 1 aromatic carbocycles. The normalized spacial score (nSPS) is 17.1. The first-order chi connectivity index (χ1) is 10.4. The van der Waals surface area contributed by atoms with Crippen LogP contribution < -0.4 is 11.1 Å². The molecule has 130 valence electrons. The summed E-state index contributed by atoms with van der Waals surface area (Å²) in [7, 11) is 0. The minimum atomic E-state index is -4.31. The number of nitrogens with two attached hydrogens (primary N) is 1. The van der Waals surface area contributed by atoms with Gasteiger partial charge in [-0.15, -0.1) is 24.0 Å². The van der Waals surface area contributed by atoms with Crippen LogP contribution in [0.2, 0.25) is 0 Å². The minimum Gasteiger partial charge on any atom is -0.370 e. The van der Waals surface area contributed by atoms with E-state index in [0.717, 1.165) is 38.3 Å². The van der Waals surface area contributed by atoms with Crippen molar-refractivity contribution in [2.45, 2.75) is 44.2 Å². The van der Waals surface area contributed by atoms with Gasteiger partial charge < -0.3 is 11.1 Å². The van der Waals surface area contributed by atoms with Gasteiger partial charge in [0.05, 0.1) is 12.1 Å². The molecular formula is C16H23F3IN3. The van der Waals surface area contributed by atoms with E-state index in [4.69, 9.17) is 5.73 Å². The summed E-state index contributed by atoms with van der Waals surface area (Å²) in [5.74, 6) is 0.361. The van der Waals surface area contributed by atoms with E-state index in [1.807, 2.05) is 6.92 Å². The highest BCUT2D eigenvalue weighted by Crippen LogP contribution is 2.45. The molecule has 1 aromatic rings. The molecule has 2 rings (SSSR count). The fourth-order valence-electron chi connectivity index (χ4n) is 2.71. The Labute approximate surface area is 152 Å². The number of rotatable bonds is 5. The summed E-state index contributed by atoms with van der Waals surface area (Å²) in [6.07, 6.45) is -0.674. The van der Waals surface area contributed by atoms with Crippen molar-refractivity contribution in [1.82, 2.24) is 5.32 Å². The maximum atomic E-state index is 12.9. The number of halogens is 4. The van der Waals surface area contributed by atoms with Crippen LogP contribution in [-0.4, -0.2) is 19.0 Å². The lowest BCUT2D eigenvalue weighted by atomic mass is 9.64. The Balaban J connectivity index is 0.00000264. The SMILES string of the molecule is CCCNC(N)=NCC1(c2cccc(C(F)(F)F)c2)CCC1.I. The van der Waals surface area contributed by atoms with Gasteiger partial charge in [-0.25, -0.2) is 0 Å². The van der Waals surface area contributed by atoms with E-state index in [1.165, 1.54) is 12.1 Å². The molecule has 0 unspecified atom stereocenters. The number of hydrogen-bond acceptors (Lipinski definition) is 1. The second-order valence-electron chi connectivity index (χ2n) is 5.84. The maximum Gasteiger partial charge on any atom is 0.416 e. The van der Waals surface area contributed by atoms with Crippen LogP contribution in [0.5, 0.6) is 0 Å². The van der Waals surface area contributed by atoms with Gasteiger partial charge in [-0.2, -0.15) is 13.2 Å². The molecule has 0 aromatic heterocycles. The average molecular weight is 441 g/mol. The van der Waals surface area contributed by atoms with Crippen LogP contribution >= 0.6 is 24.0 Å². The van der Waals surface area contributed by atoms with Gasteiger partial charge >= 0.3 is 6.18 Å². The Morgan fingerprint density at radius 3 is 2.57 bits per heavy atom. The quantitative estimate of drug-likeness (QED) is 0.412. The smallest absolute Gasteiger partial charge is 0.370 e. The predicted molar refractivity (Wildman–Crippen MR) is 97.2 cm³/mol. The van der Waals surface area contributed by atoms with Crippen LogP contribution in [0.15, 0.2) is 29.3 Å². The number of nitrogens with one attached hydrogen (secondary N) is 1. The van der Waals surface area contributed by atoms with Gasteiger partial charge in [-0.1, -0.05) is 31.5 Å². The molecule has 0 heterocycles. The summed E-state index contributed by atoms with van der Waals surface area (Å²) in [5.41, 5.74) is 5.59. The number of nitrogens with zero attached hydrogens (tertiary/aromatic N) is 1. The molecule has 7 heteroatoms. The molecule has 0 radical (unpaired) electrons. The van der Waals surface area contributed by atoms with Crippen molar-refractivity contribution < 1.29 is 13.2 Å². The van der Waals surface area contributed by atoms with E-state index >= 15 is 0 Å². The summed E-state index contributed by atoms with van der Waals surface area (Å²) < 4.78 is 38.6. The van der Waals surface area contributed by atoms with Crippen molar-refractivity contribution in [3.8, 4) is 0 Å². The second kappa shape index (κ2) is 8.21. The molecule has 1 fully saturated rings. The lowest BCUT2D eigenvalue weighted by molar-refractivity contribution is -0.137. The predicted octanol–water partition coefficient (Wildman–Crippen LogP) is 4.06. The van der Waals surface area contributed by atoms with E-state index in [0.29, 0.717) is 18.1 Å². The van der Waals surface area contributed by atoms with Crippen molar-refractivity contribution in [2.75, 3.05) is 13.1 Å². The Morgan fingerprint density at radius 2 is 2.04 bits per heavy atom. The highest BCUT2D eigenvalue weighted by atomic mass is 127. The third-order valence-corrected chi connectivity index (χ3v) is 4.22. The summed E-state index contributed by atoms with van der Waals surface area (Å²) in [6.45, 7) is 3.19. The number of benzene rings is 1. The number of hydrogen-bond donors (Lipinski definition) is 2. The summed E-state index contributed by atoms with van der Waals surface area (Å²) in [5, 5.41) is 2.99. The second-order valence-corrected chi connectivity index (χ2v) is 5.84. The number of aliphatic imine (C=N–C) groups is 1. The van der Waals surface area contributed by atoms with Crippen LogP contribution in [0.4, 0.5) is 13.2 Å². The Kier molecular flexibility index (Phi) is 7.16. The van der Waals surface area contributed by atoms with Gasteiger partial charge in [-0.05, 0) is 30.9 Å². The molecule has 23 heavy (non-hydrogen) atoms. The van der Waals surface area contributed by atoms with Crippen molar-refractivity contribution in [3.05, 3.63) is 35.4 Å². The van der Waals surface area contributed by atoms with Gasteiger partial charge in [0, 0.05) is 12.0 Å². The largest absolute Gasteiger partial charge is 0.416 e. The Bertz CT molecular complexity index is 540. The van der Waals surface area contributed by atoms with Crippen LogP contribution in [0.3, 0.4) is 0 Å². The molecule has 0 aliphatic heterocycles. The summed E-state index contributed by atoms with van der Waals surface area (Å²) in [4.78, 5) is 4.33. The molecule has 0 amide bonds. The molecule has 0 spiro atoms. The lowest BCUT2D eigenvalue weighted by Crippen LogP contribution is -2.40. The molecule has 1 aliphatic rings. The summed E-state index contributed by atoms with van der Waals surface area (Å²) in [6, 6.07) is 5.60. The summed E-state index contributed by atoms with van der Waals surface area (Å²) >= 11 is 0. The average Bonchev–Trinajstić information content (AvgIpc) is 2.43. The van der Waals surface area contributed by atoms with Crippen LogP contribution in [0.1, 0.15) is 43.7 Å². The maximum absolute atomic E-state index is 12.9. The standard InChI is InChI=1S/C16H22F3N3.HI/c1-2-9-21-14(20)22-11-15(7-4-8-15)12-5-3-6-13(10-12)16(17,18)19;/h3,5-6,10H,2,4,7-9,11H2,1H3,(H3,20,21,22);1H. The fraction of sp³-hybridized carbons (Fsp3) is 0.562. The molecule has 0 bridgehead atoms. The van der Waals surface area contributed by atoms with E-state index in [-0.39, 0.29) is 29.4 Å². The van der Waals surface area contributed by atoms with Gasteiger partial charge in [0.2, 0.25) is 0 Å². The van der Waals surface area contributed by atoms with Crippen molar-refractivity contribution in [1.29, 1.82) is 0 Å². The van der Waals surface area contributed by atoms with Crippen LogP contribution in [-0.2, 0) is 11.6 Å². The Hall–Kier alpha value is -0.990. The third kappa shape index (κ3) is 4.99. The first-order valence-electron chi connectivity index (χ1n) is 7.59. The molecule has 1 aliphatic carbocycles. The minimum absolute atomic E-state index is 0. The lowest BCUT2D eigenvalue weighted by Gasteiger charge is -2.41.